The monoisotopic (exact) mass is 403 g/mol. The first-order valence-electron chi connectivity index (χ1n) is 9.77. The molecular formula is C22H21N5OS. The third-order valence-electron chi connectivity index (χ3n) is 5.30. The molecule has 0 bridgehead atoms. The van der Waals surface area contributed by atoms with Crippen LogP contribution in [-0.2, 0) is 4.79 Å². The van der Waals surface area contributed by atoms with Crippen LogP contribution in [0.5, 0.6) is 0 Å². The number of anilines is 2. The Hall–Kier alpha value is -3.19. The third kappa shape index (κ3) is 3.73. The maximum absolute atomic E-state index is 12.8. The number of fused-ring (bicyclic) bond motifs is 1. The smallest absolute Gasteiger partial charge is 0.229 e. The molecule has 0 radical (unpaired) electrons. The summed E-state index contributed by atoms with van der Waals surface area (Å²) in [5.41, 5.74) is 3.76. The normalized spacial score (nSPS) is 16.8. The molecule has 6 nitrogen and oxygen atoms in total. The molecule has 0 spiro atoms. The first kappa shape index (κ1) is 17.9. The molecule has 1 unspecified atom stereocenters. The predicted molar refractivity (Wildman–Crippen MR) is 117 cm³/mol. The van der Waals surface area contributed by atoms with Crippen LogP contribution in [0.4, 0.5) is 10.8 Å². The van der Waals surface area contributed by atoms with Crippen LogP contribution < -0.4 is 10.2 Å². The largest absolute Gasteiger partial charge is 0.347 e. The van der Waals surface area contributed by atoms with Gasteiger partial charge in [-0.05, 0) is 49.2 Å². The molecule has 0 aliphatic carbocycles. The summed E-state index contributed by atoms with van der Waals surface area (Å²) >= 11 is 1.62. The lowest BCUT2D eigenvalue weighted by atomic mass is 9.97. The number of carbonyl (C=O) groups excluding carboxylic acids is 1. The summed E-state index contributed by atoms with van der Waals surface area (Å²) < 4.78 is 0. The number of carbonyl (C=O) groups is 1. The molecule has 7 heteroatoms. The summed E-state index contributed by atoms with van der Waals surface area (Å²) in [6, 6.07) is 15.8. The number of hydrogen-bond acceptors (Lipinski definition) is 5. The lowest BCUT2D eigenvalue weighted by Gasteiger charge is -2.31. The number of para-hydroxylation sites is 2. The summed E-state index contributed by atoms with van der Waals surface area (Å²) in [6.45, 7) is 1.68. The molecule has 1 amide bonds. The Kier molecular flexibility index (Phi) is 4.73. The van der Waals surface area contributed by atoms with Crippen molar-refractivity contribution in [2.24, 2.45) is 5.92 Å². The fourth-order valence-electron chi connectivity index (χ4n) is 3.78. The van der Waals surface area contributed by atoms with Gasteiger partial charge in [-0.25, -0.2) is 9.97 Å². The summed E-state index contributed by atoms with van der Waals surface area (Å²) in [6.07, 6.45) is 3.72. The fourth-order valence-corrected chi connectivity index (χ4v) is 4.46. The summed E-state index contributed by atoms with van der Waals surface area (Å²) in [4.78, 5) is 27.3. The van der Waals surface area contributed by atoms with Gasteiger partial charge in [0, 0.05) is 35.9 Å². The molecule has 4 aromatic rings. The molecule has 3 heterocycles. The fraction of sp³-hybridized carbons (Fsp3) is 0.227. The van der Waals surface area contributed by atoms with Crippen LogP contribution in [0.25, 0.3) is 22.4 Å². The average molecular weight is 404 g/mol. The SMILES string of the molecule is O=C(Nc1ccc(-c2nc3ccccc3[nH]2)cc1)C1CCCN(c2nccs2)C1. The Morgan fingerprint density at radius 2 is 2.03 bits per heavy atom. The topological polar surface area (TPSA) is 73.9 Å². The molecule has 0 saturated carbocycles. The highest BCUT2D eigenvalue weighted by atomic mass is 32.1. The molecule has 1 fully saturated rings. The van der Waals surface area contributed by atoms with Gasteiger partial charge in [0.25, 0.3) is 0 Å². The lowest BCUT2D eigenvalue weighted by molar-refractivity contribution is -0.120. The van der Waals surface area contributed by atoms with E-state index < -0.39 is 0 Å². The second-order valence-corrected chi connectivity index (χ2v) is 8.14. The van der Waals surface area contributed by atoms with Gasteiger partial charge in [-0.2, -0.15) is 0 Å². The second-order valence-electron chi connectivity index (χ2n) is 7.27. The Balaban J connectivity index is 1.26. The van der Waals surface area contributed by atoms with Crippen LogP contribution >= 0.6 is 11.3 Å². The van der Waals surface area contributed by atoms with Crippen LogP contribution in [0.3, 0.4) is 0 Å². The molecule has 1 aliphatic rings. The molecule has 2 aromatic heterocycles. The number of hydrogen-bond donors (Lipinski definition) is 2. The molecule has 5 rings (SSSR count). The van der Waals surface area contributed by atoms with Crippen molar-refractivity contribution < 1.29 is 4.79 Å². The van der Waals surface area contributed by atoms with Crippen molar-refractivity contribution in [3.05, 3.63) is 60.1 Å². The van der Waals surface area contributed by atoms with Crippen molar-refractivity contribution in [1.29, 1.82) is 0 Å². The Morgan fingerprint density at radius 1 is 1.17 bits per heavy atom. The predicted octanol–water partition coefficient (Wildman–Crippen LogP) is 4.54. The van der Waals surface area contributed by atoms with Crippen molar-refractivity contribution in [2.75, 3.05) is 23.3 Å². The van der Waals surface area contributed by atoms with E-state index in [0.29, 0.717) is 0 Å². The minimum atomic E-state index is -0.0253. The molecular weight excluding hydrogens is 382 g/mol. The van der Waals surface area contributed by atoms with Crippen LogP contribution in [0, 0.1) is 5.92 Å². The first-order chi connectivity index (χ1) is 14.3. The first-order valence-corrected chi connectivity index (χ1v) is 10.6. The number of H-pyrrole nitrogens is 1. The number of imidazole rings is 1. The number of nitrogens with zero attached hydrogens (tertiary/aromatic N) is 3. The second kappa shape index (κ2) is 7.67. The number of aromatic nitrogens is 3. The van der Waals surface area contributed by atoms with Gasteiger partial charge in [0.2, 0.25) is 5.91 Å². The molecule has 1 saturated heterocycles. The van der Waals surface area contributed by atoms with Crippen molar-refractivity contribution >= 4 is 39.1 Å². The van der Waals surface area contributed by atoms with Gasteiger partial charge in [0.15, 0.2) is 5.13 Å². The van der Waals surface area contributed by atoms with Crippen molar-refractivity contribution in [1.82, 2.24) is 15.0 Å². The molecule has 1 aliphatic heterocycles. The zero-order valence-corrected chi connectivity index (χ0v) is 16.7. The van der Waals surface area contributed by atoms with Crippen molar-refractivity contribution in [2.45, 2.75) is 12.8 Å². The molecule has 2 aromatic carbocycles. The zero-order valence-electron chi connectivity index (χ0n) is 15.8. The van der Waals surface area contributed by atoms with E-state index in [4.69, 9.17) is 0 Å². The van der Waals surface area contributed by atoms with Gasteiger partial charge in [0.1, 0.15) is 5.82 Å². The van der Waals surface area contributed by atoms with Crippen LogP contribution in [0.1, 0.15) is 12.8 Å². The quantitative estimate of drug-likeness (QED) is 0.525. The number of nitrogens with one attached hydrogen (secondary N) is 2. The minimum Gasteiger partial charge on any atom is -0.347 e. The summed E-state index contributed by atoms with van der Waals surface area (Å²) in [5, 5.41) is 6.04. The average Bonchev–Trinajstić information content (AvgIpc) is 3.44. The number of amides is 1. The van der Waals surface area contributed by atoms with Crippen molar-refractivity contribution in [3.63, 3.8) is 0 Å². The van der Waals surface area contributed by atoms with E-state index in [2.05, 4.69) is 25.2 Å². The number of thiazole rings is 1. The van der Waals surface area contributed by atoms with Crippen LogP contribution in [-0.4, -0.2) is 33.9 Å². The van der Waals surface area contributed by atoms with E-state index in [-0.39, 0.29) is 11.8 Å². The van der Waals surface area contributed by atoms with Crippen LogP contribution in [0.2, 0.25) is 0 Å². The van der Waals surface area contributed by atoms with Gasteiger partial charge in [-0.1, -0.05) is 12.1 Å². The lowest BCUT2D eigenvalue weighted by Crippen LogP contribution is -2.40. The van der Waals surface area contributed by atoms with Gasteiger partial charge in [-0.3, -0.25) is 4.79 Å². The van der Waals surface area contributed by atoms with E-state index in [9.17, 15) is 4.79 Å². The highest BCUT2D eigenvalue weighted by Gasteiger charge is 2.27. The van der Waals surface area contributed by atoms with Crippen LogP contribution in [0.15, 0.2) is 60.1 Å². The highest BCUT2D eigenvalue weighted by molar-refractivity contribution is 7.13. The number of aromatic amines is 1. The van der Waals surface area contributed by atoms with Gasteiger partial charge >= 0.3 is 0 Å². The van der Waals surface area contributed by atoms with Crippen molar-refractivity contribution in [3.8, 4) is 11.4 Å². The minimum absolute atomic E-state index is 0.0253. The third-order valence-corrected chi connectivity index (χ3v) is 6.13. The Bertz CT molecular complexity index is 1090. The molecule has 2 N–H and O–H groups in total. The van der Waals surface area contributed by atoms with Gasteiger partial charge in [-0.15, -0.1) is 11.3 Å². The Labute approximate surface area is 172 Å². The molecule has 146 valence electrons. The van der Waals surface area contributed by atoms with E-state index in [1.54, 1.807) is 11.3 Å². The summed E-state index contributed by atoms with van der Waals surface area (Å²) in [5.74, 6) is 0.876. The van der Waals surface area contributed by atoms with E-state index in [1.807, 2.05) is 60.1 Å². The Morgan fingerprint density at radius 3 is 2.83 bits per heavy atom. The van der Waals surface area contributed by atoms with E-state index >= 15 is 0 Å². The molecule has 1 atom stereocenters. The van der Waals surface area contributed by atoms with Gasteiger partial charge < -0.3 is 15.2 Å². The maximum Gasteiger partial charge on any atom is 0.229 e. The molecule has 29 heavy (non-hydrogen) atoms. The standard InChI is InChI=1S/C22H21N5OS/c28-21(16-4-3-12-27(14-16)22-23-11-13-29-22)24-17-9-7-15(8-10-17)20-25-18-5-1-2-6-19(18)26-20/h1-2,5-11,13,16H,3-4,12,14H2,(H,24,28)(H,25,26). The van der Waals surface area contributed by atoms with E-state index in [0.717, 1.165) is 59.2 Å². The number of piperidine rings is 1. The van der Waals surface area contributed by atoms with Gasteiger partial charge in [0.05, 0.1) is 17.0 Å². The highest BCUT2D eigenvalue weighted by Crippen LogP contribution is 2.26. The zero-order chi connectivity index (χ0) is 19.6. The number of benzene rings is 2. The maximum atomic E-state index is 12.8. The van der Waals surface area contributed by atoms with E-state index in [1.165, 1.54) is 0 Å². The number of rotatable bonds is 4. The summed E-state index contributed by atoms with van der Waals surface area (Å²) in [7, 11) is 0.